The van der Waals surface area contributed by atoms with Crippen molar-refractivity contribution in [3.05, 3.63) is 59.0 Å². The number of thioether (sulfide) groups is 1. The quantitative estimate of drug-likeness (QED) is 0.397. The number of nitrogens with zero attached hydrogens (tertiary/aromatic N) is 1. The Kier molecular flexibility index (Phi) is 6.36. The van der Waals surface area contributed by atoms with E-state index in [1.54, 1.807) is 14.2 Å². The minimum atomic E-state index is -0.0685. The Bertz CT molecular complexity index is 847. The van der Waals surface area contributed by atoms with E-state index in [0.717, 1.165) is 22.8 Å². The van der Waals surface area contributed by atoms with Crippen molar-refractivity contribution in [3.8, 4) is 17.2 Å². The van der Waals surface area contributed by atoms with E-state index in [0.29, 0.717) is 22.4 Å². The van der Waals surface area contributed by atoms with Gasteiger partial charge in [-0.15, -0.1) is 0 Å². The number of methoxy groups -OCH3 is 1. The van der Waals surface area contributed by atoms with Gasteiger partial charge in [-0.1, -0.05) is 36.1 Å². The third-order valence-corrected chi connectivity index (χ3v) is 5.33. The SMILES string of the molecule is COc1ccc(OCCOc2ccc(/C=C3\SC(=S)N(C)C3=O)cc2)cc1. The lowest BCUT2D eigenvalue weighted by atomic mass is 10.2. The maximum absolute atomic E-state index is 12.0. The number of ether oxygens (including phenoxy) is 3. The van der Waals surface area contributed by atoms with Crippen LogP contribution in [0.15, 0.2) is 53.4 Å². The van der Waals surface area contributed by atoms with Crippen molar-refractivity contribution in [3.63, 3.8) is 0 Å². The van der Waals surface area contributed by atoms with Gasteiger partial charge in [0, 0.05) is 7.05 Å². The molecule has 0 unspecified atom stereocenters. The van der Waals surface area contributed by atoms with Crippen LogP contribution >= 0.6 is 24.0 Å². The van der Waals surface area contributed by atoms with Crippen molar-refractivity contribution in [1.29, 1.82) is 0 Å². The van der Waals surface area contributed by atoms with Crippen LogP contribution in [-0.4, -0.2) is 42.5 Å². The molecule has 1 heterocycles. The molecule has 1 amide bonds. The van der Waals surface area contributed by atoms with E-state index in [1.807, 2.05) is 54.6 Å². The third kappa shape index (κ3) is 5.02. The Balaban J connectivity index is 1.48. The third-order valence-electron chi connectivity index (χ3n) is 3.84. The summed E-state index contributed by atoms with van der Waals surface area (Å²) in [7, 11) is 3.31. The number of carbonyl (C=O) groups is 1. The lowest BCUT2D eigenvalue weighted by molar-refractivity contribution is -0.121. The molecule has 1 saturated heterocycles. The van der Waals surface area contributed by atoms with Gasteiger partial charge in [-0.3, -0.25) is 9.69 Å². The van der Waals surface area contributed by atoms with Gasteiger partial charge in [0.1, 0.15) is 34.8 Å². The average molecular weight is 402 g/mol. The maximum atomic E-state index is 12.0. The van der Waals surface area contributed by atoms with Crippen LogP contribution in [0.1, 0.15) is 5.56 Å². The van der Waals surface area contributed by atoms with E-state index in [-0.39, 0.29) is 5.91 Å². The van der Waals surface area contributed by atoms with E-state index in [9.17, 15) is 4.79 Å². The van der Waals surface area contributed by atoms with Crippen LogP contribution in [0.4, 0.5) is 0 Å². The minimum Gasteiger partial charge on any atom is -0.497 e. The first-order valence-electron chi connectivity index (χ1n) is 8.28. The van der Waals surface area contributed by atoms with Crippen LogP contribution in [-0.2, 0) is 4.79 Å². The second-order valence-corrected chi connectivity index (χ2v) is 7.36. The Hall–Kier alpha value is -2.51. The van der Waals surface area contributed by atoms with Gasteiger partial charge >= 0.3 is 0 Å². The normalized spacial score (nSPS) is 15.3. The molecule has 1 aliphatic heterocycles. The second kappa shape index (κ2) is 8.92. The summed E-state index contributed by atoms with van der Waals surface area (Å²) in [6, 6.07) is 14.9. The van der Waals surface area contributed by atoms with E-state index >= 15 is 0 Å². The number of rotatable bonds is 7. The van der Waals surface area contributed by atoms with Crippen LogP contribution < -0.4 is 14.2 Å². The zero-order valence-electron chi connectivity index (χ0n) is 15.0. The average Bonchev–Trinajstić information content (AvgIpc) is 2.93. The fourth-order valence-electron chi connectivity index (χ4n) is 2.35. The van der Waals surface area contributed by atoms with Gasteiger partial charge in [-0.05, 0) is 48.0 Å². The van der Waals surface area contributed by atoms with Gasteiger partial charge in [0.15, 0.2) is 0 Å². The summed E-state index contributed by atoms with van der Waals surface area (Å²) in [5.41, 5.74) is 0.922. The summed E-state index contributed by atoms with van der Waals surface area (Å²) in [5.74, 6) is 2.23. The highest BCUT2D eigenvalue weighted by molar-refractivity contribution is 8.26. The van der Waals surface area contributed by atoms with Crippen LogP contribution in [0.2, 0.25) is 0 Å². The largest absolute Gasteiger partial charge is 0.497 e. The predicted molar refractivity (Wildman–Crippen MR) is 111 cm³/mol. The number of hydrogen-bond acceptors (Lipinski definition) is 6. The Labute approximate surface area is 167 Å². The molecule has 0 spiro atoms. The maximum Gasteiger partial charge on any atom is 0.265 e. The Morgan fingerprint density at radius 3 is 1.96 bits per heavy atom. The molecule has 1 aliphatic rings. The Morgan fingerprint density at radius 2 is 1.48 bits per heavy atom. The highest BCUT2D eigenvalue weighted by Crippen LogP contribution is 2.31. The summed E-state index contributed by atoms with van der Waals surface area (Å²) in [6.07, 6.45) is 1.83. The predicted octanol–water partition coefficient (Wildman–Crippen LogP) is 3.98. The summed E-state index contributed by atoms with van der Waals surface area (Å²) < 4.78 is 17.0. The van der Waals surface area contributed by atoms with E-state index < -0.39 is 0 Å². The van der Waals surface area contributed by atoms with Crippen molar-refractivity contribution in [2.24, 2.45) is 0 Å². The lowest BCUT2D eigenvalue weighted by Crippen LogP contribution is -2.22. The monoisotopic (exact) mass is 401 g/mol. The molecule has 0 saturated carbocycles. The highest BCUT2D eigenvalue weighted by atomic mass is 32.2. The number of amides is 1. The fourth-order valence-corrected chi connectivity index (χ4v) is 3.53. The standard InChI is InChI=1S/C20H19NO4S2/c1-21-19(22)18(27-20(21)26)13-14-3-5-16(6-4-14)24-11-12-25-17-9-7-15(23-2)8-10-17/h3-10,13H,11-12H2,1-2H3/b18-13-. The number of benzene rings is 2. The first kappa shape index (κ1) is 19.3. The first-order chi connectivity index (χ1) is 13.1. The van der Waals surface area contributed by atoms with E-state index in [4.69, 9.17) is 26.4 Å². The number of carbonyl (C=O) groups excluding carboxylic acids is 1. The molecule has 140 valence electrons. The van der Waals surface area contributed by atoms with Crippen LogP contribution in [0.3, 0.4) is 0 Å². The van der Waals surface area contributed by atoms with E-state index in [2.05, 4.69) is 0 Å². The summed E-state index contributed by atoms with van der Waals surface area (Å²) in [6.45, 7) is 0.868. The molecule has 27 heavy (non-hydrogen) atoms. The topological polar surface area (TPSA) is 48.0 Å². The lowest BCUT2D eigenvalue weighted by Gasteiger charge is -2.09. The van der Waals surface area contributed by atoms with Gasteiger partial charge in [0.05, 0.1) is 12.0 Å². The van der Waals surface area contributed by atoms with Crippen molar-refractivity contribution < 1.29 is 19.0 Å². The molecule has 0 radical (unpaired) electrons. The van der Waals surface area contributed by atoms with Crippen molar-refractivity contribution in [1.82, 2.24) is 4.90 Å². The van der Waals surface area contributed by atoms with Crippen molar-refractivity contribution in [2.45, 2.75) is 0 Å². The molecule has 2 aromatic rings. The molecule has 0 bridgehead atoms. The minimum absolute atomic E-state index is 0.0685. The molecular weight excluding hydrogens is 382 g/mol. The summed E-state index contributed by atoms with van der Waals surface area (Å²) >= 11 is 6.44. The molecule has 1 fully saturated rings. The van der Waals surface area contributed by atoms with Gasteiger partial charge in [0.2, 0.25) is 0 Å². The van der Waals surface area contributed by atoms with Gasteiger partial charge in [-0.25, -0.2) is 0 Å². The summed E-state index contributed by atoms with van der Waals surface area (Å²) in [4.78, 5) is 14.1. The van der Waals surface area contributed by atoms with Crippen LogP contribution in [0.5, 0.6) is 17.2 Å². The fraction of sp³-hybridized carbons (Fsp3) is 0.200. The number of likely N-dealkylation sites (N-methyl/N-ethyl adjacent to an activating group) is 1. The first-order valence-corrected chi connectivity index (χ1v) is 9.50. The van der Waals surface area contributed by atoms with Gasteiger partial charge in [-0.2, -0.15) is 0 Å². The molecular formula is C20H19NO4S2. The number of thiocarbonyl (C=S) groups is 1. The van der Waals surface area contributed by atoms with Crippen LogP contribution in [0.25, 0.3) is 6.08 Å². The van der Waals surface area contributed by atoms with E-state index in [1.165, 1.54) is 16.7 Å². The van der Waals surface area contributed by atoms with Gasteiger partial charge in [0.25, 0.3) is 5.91 Å². The molecule has 7 heteroatoms. The zero-order chi connectivity index (χ0) is 19.2. The van der Waals surface area contributed by atoms with Crippen molar-refractivity contribution >= 4 is 40.3 Å². The molecule has 2 aromatic carbocycles. The van der Waals surface area contributed by atoms with Gasteiger partial charge < -0.3 is 14.2 Å². The van der Waals surface area contributed by atoms with Crippen LogP contribution in [0, 0.1) is 0 Å². The molecule has 0 aliphatic carbocycles. The molecule has 0 N–H and O–H groups in total. The second-order valence-electron chi connectivity index (χ2n) is 5.68. The highest BCUT2D eigenvalue weighted by Gasteiger charge is 2.28. The molecule has 5 nitrogen and oxygen atoms in total. The molecule has 0 aromatic heterocycles. The summed E-state index contributed by atoms with van der Waals surface area (Å²) in [5, 5.41) is 0. The number of hydrogen-bond donors (Lipinski definition) is 0. The Morgan fingerprint density at radius 1 is 0.963 bits per heavy atom. The zero-order valence-corrected chi connectivity index (χ0v) is 16.6. The molecule has 3 rings (SSSR count). The molecule has 0 atom stereocenters. The smallest absolute Gasteiger partial charge is 0.265 e. The van der Waals surface area contributed by atoms with Crippen molar-refractivity contribution in [2.75, 3.05) is 27.4 Å².